The molecule has 1 N–H and O–H groups in total. The fourth-order valence-electron chi connectivity index (χ4n) is 3.41. The van der Waals surface area contributed by atoms with Crippen LogP contribution in [0.2, 0.25) is 0 Å². The van der Waals surface area contributed by atoms with Crippen molar-refractivity contribution in [2.45, 2.75) is 19.4 Å². The van der Waals surface area contributed by atoms with Crippen LogP contribution in [0.3, 0.4) is 0 Å². The van der Waals surface area contributed by atoms with E-state index in [0.29, 0.717) is 37.4 Å². The molecule has 0 unspecified atom stereocenters. The van der Waals surface area contributed by atoms with Crippen LogP contribution in [0.4, 0.5) is 0 Å². The van der Waals surface area contributed by atoms with E-state index in [1.54, 1.807) is 25.3 Å². The number of para-hydroxylation sites is 2. The molecule has 0 fully saturated rings. The number of rotatable bonds is 10. The van der Waals surface area contributed by atoms with Crippen molar-refractivity contribution in [1.82, 2.24) is 9.62 Å². The van der Waals surface area contributed by atoms with Crippen LogP contribution < -0.4 is 19.5 Å². The fraction of sp³-hybridized carbons (Fsp3) is 0.409. The van der Waals surface area contributed by atoms with Gasteiger partial charge in [-0.2, -0.15) is 4.31 Å². The SMILES string of the molecule is COc1ccc2c(c1)CCN(S(=O)(=O)CCCNC(=O)COc1ccccc1OC)C2. The number of hydrogen-bond acceptors (Lipinski definition) is 6. The van der Waals surface area contributed by atoms with Gasteiger partial charge in [-0.1, -0.05) is 18.2 Å². The highest BCUT2D eigenvalue weighted by Gasteiger charge is 2.26. The number of sulfonamides is 1. The molecule has 1 aliphatic heterocycles. The number of carbonyl (C=O) groups excluding carboxylic acids is 1. The van der Waals surface area contributed by atoms with Crippen LogP contribution in [0.15, 0.2) is 42.5 Å². The first kappa shape index (κ1) is 22.9. The standard InChI is InChI=1S/C22H28N2O6S/c1-28-19-9-8-18-15-24(12-10-17(18)14-19)31(26,27)13-5-11-23-22(25)16-30-21-7-4-3-6-20(21)29-2/h3-4,6-9,14H,5,10-13,15-16H2,1-2H3,(H,23,25). The van der Waals surface area contributed by atoms with Gasteiger partial charge >= 0.3 is 0 Å². The monoisotopic (exact) mass is 448 g/mol. The number of hydrogen-bond donors (Lipinski definition) is 1. The maximum absolute atomic E-state index is 12.7. The van der Waals surface area contributed by atoms with Crippen LogP contribution in [0.25, 0.3) is 0 Å². The Balaban J connectivity index is 1.42. The van der Waals surface area contributed by atoms with E-state index in [1.165, 1.54) is 11.4 Å². The zero-order valence-corrected chi connectivity index (χ0v) is 18.6. The average Bonchev–Trinajstić information content (AvgIpc) is 2.79. The van der Waals surface area contributed by atoms with Crippen LogP contribution in [0, 0.1) is 0 Å². The van der Waals surface area contributed by atoms with Crippen LogP contribution in [-0.4, -0.2) is 58.3 Å². The van der Waals surface area contributed by atoms with Gasteiger partial charge in [0.15, 0.2) is 18.1 Å². The molecule has 0 spiro atoms. The van der Waals surface area contributed by atoms with E-state index in [0.717, 1.165) is 16.9 Å². The molecule has 0 aliphatic carbocycles. The molecule has 2 aromatic carbocycles. The van der Waals surface area contributed by atoms with Crippen molar-refractivity contribution >= 4 is 15.9 Å². The quantitative estimate of drug-likeness (QED) is 0.559. The third-order valence-corrected chi connectivity index (χ3v) is 7.02. The highest BCUT2D eigenvalue weighted by Crippen LogP contribution is 2.26. The molecule has 1 amide bonds. The molecule has 1 aliphatic rings. The Bertz CT molecular complexity index is 1010. The number of carbonyl (C=O) groups is 1. The summed E-state index contributed by atoms with van der Waals surface area (Å²) in [5.41, 5.74) is 2.12. The molecular formula is C22H28N2O6S. The van der Waals surface area contributed by atoms with E-state index in [-0.39, 0.29) is 24.8 Å². The van der Waals surface area contributed by atoms with Crippen molar-refractivity contribution in [1.29, 1.82) is 0 Å². The average molecular weight is 449 g/mol. The van der Waals surface area contributed by atoms with E-state index >= 15 is 0 Å². The van der Waals surface area contributed by atoms with Crippen molar-refractivity contribution in [2.75, 3.05) is 39.7 Å². The lowest BCUT2D eigenvalue weighted by Crippen LogP contribution is -2.38. The summed E-state index contributed by atoms with van der Waals surface area (Å²) in [7, 11) is -0.257. The second-order valence-electron chi connectivity index (χ2n) is 7.18. The molecule has 2 aromatic rings. The van der Waals surface area contributed by atoms with E-state index in [9.17, 15) is 13.2 Å². The summed E-state index contributed by atoms with van der Waals surface area (Å²) >= 11 is 0. The fourth-order valence-corrected chi connectivity index (χ4v) is 4.88. The smallest absolute Gasteiger partial charge is 0.257 e. The number of fused-ring (bicyclic) bond motifs is 1. The minimum absolute atomic E-state index is 0.0217. The summed E-state index contributed by atoms with van der Waals surface area (Å²) in [4.78, 5) is 12.0. The van der Waals surface area contributed by atoms with Crippen molar-refractivity contribution in [3.8, 4) is 17.2 Å². The van der Waals surface area contributed by atoms with Crippen molar-refractivity contribution in [3.63, 3.8) is 0 Å². The van der Waals surface area contributed by atoms with Gasteiger partial charge in [-0.05, 0) is 48.2 Å². The van der Waals surface area contributed by atoms with Gasteiger partial charge in [0.05, 0.1) is 20.0 Å². The van der Waals surface area contributed by atoms with E-state index < -0.39 is 10.0 Å². The summed E-state index contributed by atoms with van der Waals surface area (Å²) in [6.07, 6.45) is 0.984. The highest BCUT2D eigenvalue weighted by molar-refractivity contribution is 7.89. The normalized spacial score (nSPS) is 13.9. The number of nitrogens with one attached hydrogen (secondary N) is 1. The van der Waals surface area contributed by atoms with Gasteiger partial charge in [0, 0.05) is 19.6 Å². The predicted octanol–water partition coefficient (Wildman–Crippen LogP) is 1.98. The Morgan fingerprint density at radius 3 is 2.58 bits per heavy atom. The molecule has 0 radical (unpaired) electrons. The molecule has 0 aromatic heterocycles. The van der Waals surface area contributed by atoms with Gasteiger partial charge in [0.25, 0.3) is 5.91 Å². The summed E-state index contributed by atoms with van der Waals surface area (Å²) in [5, 5.41) is 2.69. The zero-order valence-electron chi connectivity index (χ0n) is 17.8. The second-order valence-corrected chi connectivity index (χ2v) is 9.27. The lowest BCUT2D eigenvalue weighted by molar-refractivity contribution is -0.123. The largest absolute Gasteiger partial charge is 0.497 e. The van der Waals surface area contributed by atoms with Crippen LogP contribution in [0.5, 0.6) is 17.2 Å². The number of amides is 1. The zero-order chi connectivity index (χ0) is 22.3. The van der Waals surface area contributed by atoms with Gasteiger partial charge in [0.2, 0.25) is 10.0 Å². The lowest BCUT2D eigenvalue weighted by atomic mass is 10.0. The molecular weight excluding hydrogens is 420 g/mol. The minimum Gasteiger partial charge on any atom is -0.497 e. The van der Waals surface area contributed by atoms with Crippen molar-refractivity contribution in [3.05, 3.63) is 53.6 Å². The number of methoxy groups -OCH3 is 2. The molecule has 9 heteroatoms. The Labute approximate surface area is 183 Å². The van der Waals surface area contributed by atoms with Crippen molar-refractivity contribution in [2.24, 2.45) is 0 Å². The molecule has 31 heavy (non-hydrogen) atoms. The van der Waals surface area contributed by atoms with Gasteiger partial charge in [0.1, 0.15) is 5.75 Å². The molecule has 1 heterocycles. The predicted molar refractivity (Wildman–Crippen MR) is 117 cm³/mol. The first-order chi connectivity index (χ1) is 14.9. The molecule has 0 bridgehead atoms. The Hall–Kier alpha value is -2.78. The third-order valence-electron chi connectivity index (χ3n) is 5.11. The Morgan fingerprint density at radius 1 is 1.06 bits per heavy atom. The summed E-state index contributed by atoms with van der Waals surface area (Å²) in [6.45, 7) is 0.900. The number of benzene rings is 2. The molecule has 0 atom stereocenters. The third kappa shape index (κ3) is 6.11. The van der Waals surface area contributed by atoms with Crippen LogP contribution >= 0.6 is 0 Å². The van der Waals surface area contributed by atoms with E-state index in [2.05, 4.69) is 5.32 Å². The maximum atomic E-state index is 12.7. The van der Waals surface area contributed by atoms with Gasteiger partial charge in [-0.15, -0.1) is 0 Å². The van der Waals surface area contributed by atoms with Crippen LogP contribution in [-0.2, 0) is 27.8 Å². The molecule has 168 valence electrons. The van der Waals surface area contributed by atoms with E-state index in [4.69, 9.17) is 14.2 Å². The molecule has 0 saturated carbocycles. The summed E-state index contributed by atoms with van der Waals surface area (Å²) in [5.74, 6) is 1.46. The number of nitrogens with zero attached hydrogens (tertiary/aromatic N) is 1. The van der Waals surface area contributed by atoms with Gasteiger partial charge in [-0.25, -0.2) is 8.42 Å². The number of ether oxygens (including phenoxy) is 3. The first-order valence-corrected chi connectivity index (χ1v) is 11.7. The molecule has 0 saturated heterocycles. The minimum atomic E-state index is -3.40. The van der Waals surface area contributed by atoms with Gasteiger partial charge in [-0.3, -0.25) is 4.79 Å². The Kier molecular flexibility index (Phi) is 7.75. The molecule has 3 rings (SSSR count). The second kappa shape index (κ2) is 10.5. The van der Waals surface area contributed by atoms with Gasteiger partial charge < -0.3 is 19.5 Å². The maximum Gasteiger partial charge on any atom is 0.257 e. The van der Waals surface area contributed by atoms with E-state index in [1.807, 2.05) is 24.3 Å². The summed E-state index contributed by atoms with van der Waals surface area (Å²) < 4.78 is 42.8. The highest BCUT2D eigenvalue weighted by atomic mass is 32.2. The topological polar surface area (TPSA) is 94.2 Å². The summed E-state index contributed by atoms with van der Waals surface area (Å²) in [6, 6.07) is 12.8. The Morgan fingerprint density at radius 2 is 1.84 bits per heavy atom. The lowest BCUT2D eigenvalue weighted by Gasteiger charge is -2.28. The molecule has 8 nitrogen and oxygen atoms in total. The van der Waals surface area contributed by atoms with Crippen LogP contribution in [0.1, 0.15) is 17.5 Å². The van der Waals surface area contributed by atoms with Crippen molar-refractivity contribution < 1.29 is 27.4 Å². The first-order valence-electron chi connectivity index (χ1n) is 10.1.